The normalized spacial score (nSPS) is 15.6. The summed E-state index contributed by atoms with van der Waals surface area (Å²) in [4.78, 5) is 20.0. The second-order valence-electron chi connectivity index (χ2n) is 10.8. The highest BCUT2D eigenvalue weighted by Gasteiger charge is 2.32. The largest absolute Gasteiger partial charge is 0.497 e. The van der Waals surface area contributed by atoms with Crippen molar-refractivity contribution in [3.63, 3.8) is 0 Å². The lowest BCUT2D eigenvalue weighted by atomic mass is 9.83. The highest BCUT2D eigenvalue weighted by atomic mass is 127. The molecule has 0 amide bonds. The van der Waals surface area contributed by atoms with Gasteiger partial charge >= 0.3 is 0 Å². The van der Waals surface area contributed by atoms with Gasteiger partial charge in [0.2, 0.25) is 0 Å². The molecule has 0 fully saturated rings. The molecule has 6 nitrogen and oxygen atoms in total. The van der Waals surface area contributed by atoms with Crippen molar-refractivity contribution in [1.82, 2.24) is 4.57 Å². The zero-order valence-corrected chi connectivity index (χ0v) is 27.5. The van der Waals surface area contributed by atoms with Gasteiger partial charge in [0.15, 0.2) is 16.3 Å². The molecule has 0 unspecified atom stereocenters. The molecule has 1 aliphatic carbocycles. The minimum atomic E-state index is -0.323. The van der Waals surface area contributed by atoms with Crippen molar-refractivity contribution in [3.8, 4) is 17.2 Å². The first-order chi connectivity index (χ1) is 21.9. The van der Waals surface area contributed by atoms with Crippen LogP contribution in [-0.4, -0.2) is 18.8 Å². The Hall–Kier alpha value is -4.22. The van der Waals surface area contributed by atoms with Crippen LogP contribution in [0.3, 0.4) is 0 Å². The summed E-state index contributed by atoms with van der Waals surface area (Å²) in [6.45, 7) is 0.0645. The van der Waals surface area contributed by atoms with Crippen LogP contribution in [0, 0.1) is 9.39 Å². The van der Waals surface area contributed by atoms with Gasteiger partial charge in [-0.2, -0.15) is 0 Å². The molecule has 0 saturated heterocycles. The van der Waals surface area contributed by atoms with Crippen molar-refractivity contribution >= 4 is 45.7 Å². The van der Waals surface area contributed by atoms with Crippen LogP contribution in [0.25, 0.3) is 11.8 Å². The fourth-order valence-corrected chi connectivity index (χ4v) is 7.80. The van der Waals surface area contributed by atoms with Crippen molar-refractivity contribution in [3.05, 3.63) is 147 Å². The van der Waals surface area contributed by atoms with E-state index in [1.807, 2.05) is 53.1 Å². The number of aryl methyl sites for hydroxylation is 1. The summed E-state index contributed by atoms with van der Waals surface area (Å²) in [5, 5.41) is 0. The van der Waals surface area contributed by atoms with E-state index < -0.39 is 0 Å². The number of thiazole rings is 1. The third-order valence-corrected chi connectivity index (χ3v) is 9.95. The van der Waals surface area contributed by atoms with E-state index in [9.17, 15) is 9.18 Å². The SMILES string of the molecule is COc1cccc([C@@H]2C3=C(N=c4s/c(=C\c5cc(I)c(OCc6ccccc6F)c(OC)c5)c(=O)n42)c2ccccc2CC3)c1. The van der Waals surface area contributed by atoms with Crippen LogP contribution < -0.4 is 29.1 Å². The smallest absolute Gasteiger partial charge is 0.271 e. The van der Waals surface area contributed by atoms with E-state index in [4.69, 9.17) is 19.2 Å². The maximum atomic E-state index is 14.2. The van der Waals surface area contributed by atoms with Gasteiger partial charge in [-0.05, 0) is 94.1 Å². The maximum Gasteiger partial charge on any atom is 0.271 e. The van der Waals surface area contributed by atoms with E-state index in [0.29, 0.717) is 26.4 Å². The Balaban J connectivity index is 1.34. The van der Waals surface area contributed by atoms with Gasteiger partial charge in [0.1, 0.15) is 18.2 Å². The molecule has 1 aromatic heterocycles. The van der Waals surface area contributed by atoms with Gasteiger partial charge in [-0.25, -0.2) is 9.38 Å². The van der Waals surface area contributed by atoms with Crippen LogP contribution in [0.5, 0.6) is 17.2 Å². The maximum absolute atomic E-state index is 14.2. The van der Waals surface area contributed by atoms with E-state index in [-0.39, 0.29) is 24.0 Å². The Morgan fingerprint density at radius 2 is 1.82 bits per heavy atom. The molecular formula is C36H28FIN2O4S. The molecule has 45 heavy (non-hydrogen) atoms. The highest BCUT2D eigenvalue weighted by molar-refractivity contribution is 14.1. The predicted molar refractivity (Wildman–Crippen MR) is 182 cm³/mol. The predicted octanol–water partition coefficient (Wildman–Crippen LogP) is 6.66. The van der Waals surface area contributed by atoms with E-state index in [1.54, 1.807) is 32.4 Å². The summed E-state index contributed by atoms with van der Waals surface area (Å²) >= 11 is 3.55. The lowest BCUT2D eigenvalue weighted by Gasteiger charge is -2.31. The van der Waals surface area contributed by atoms with Crippen molar-refractivity contribution in [2.24, 2.45) is 4.99 Å². The molecular weight excluding hydrogens is 702 g/mol. The minimum Gasteiger partial charge on any atom is -0.497 e. The number of hydrogen-bond donors (Lipinski definition) is 0. The fraction of sp³-hybridized carbons (Fsp3) is 0.167. The van der Waals surface area contributed by atoms with Crippen LogP contribution in [0.4, 0.5) is 4.39 Å². The number of benzene rings is 4. The summed E-state index contributed by atoms with van der Waals surface area (Å²) in [5.41, 5.74) is 6.58. The summed E-state index contributed by atoms with van der Waals surface area (Å²) in [7, 11) is 3.22. The van der Waals surface area contributed by atoms with Crippen molar-refractivity contribution < 1.29 is 18.6 Å². The zero-order chi connectivity index (χ0) is 31.1. The zero-order valence-electron chi connectivity index (χ0n) is 24.6. The van der Waals surface area contributed by atoms with E-state index >= 15 is 0 Å². The Labute approximate surface area is 276 Å². The first-order valence-corrected chi connectivity index (χ1v) is 16.4. The fourth-order valence-electron chi connectivity index (χ4n) is 6.01. The van der Waals surface area contributed by atoms with Gasteiger partial charge in [0.05, 0.1) is 34.1 Å². The van der Waals surface area contributed by atoms with Gasteiger partial charge in [0, 0.05) is 11.1 Å². The average Bonchev–Trinajstić information content (AvgIpc) is 3.37. The standard InChI is InChI=1S/C36H28FIN2O4S/c1-42-25-11-7-10-23(19-25)33-27-15-14-22-8-3-5-12-26(22)32(27)39-36-40(33)35(41)31(45-36)18-21-16-29(38)34(30(17-21)43-2)44-20-24-9-4-6-13-28(24)37/h3-13,16-19,33H,14-15,20H2,1-2H3/b31-18-/t33-/m1/s1. The third kappa shape index (κ3) is 5.48. The number of nitrogens with zero attached hydrogens (tertiary/aromatic N) is 2. The molecule has 4 aromatic carbocycles. The van der Waals surface area contributed by atoms with Gasteiger partial charge in [-0.1, -0.05) is 65.9 Å². The topological polar surface area (TPSA) is 62.0 Å². The number of halogens is 2. The highest BCUT2D eigenvalue weighted by Crippen LogP contribution is 2.42. The molecule has 2 heterocycles. The number of allylic oxidation sites excluding steroid dienone is 1. The second-order valence-corrected chi connectivity index (χ2v) is 13.0. The van der Waals surface area contributed by atoms with Gasteiger partial charge in [-0.3, -0.25) is 9.36 Å². The lowest BCUT2D eigenvalue weighted by molar-refractivity contribution is 0.277. The molecule has 1 aliphatic heterocycles. The number of aromatic nitrogens is 1. The van der Waals surface area contributed by atoms with Crippen LogP contribution in [-0.2, 0) is 13.0 Å². The van der Waals surface area contributed by atoms with Gasteiger partial charge in [0.25, 0.3) is 5.56 Å². The molecule has 0 bridgehead atoms. The Kier molecular flexibility index (Phi) is 8.05. The molecule has 2 aliphatic rings. The first-order valence-electron chi connectivity index (χ1n) is 14.5. The Morgan fingerprint density at radius 1 is 1.00 bits per heavy atom. The number of ether oxygens (including phenoxy) is 3. The molecule has 226 valence electrons. The molecule has 7 rings (SSSR count). The monoisotopic (exact) mass is 730 g/mol. The lowest BCUT2D eigenvalue weighted by Crippen LogP contribution is -2.38. The molecule has 0 saturated carbocycles. The summed E-state index contributed by atoms with van der Waals surface area (Å²) in [5.74, 6) is 1.43. The van der Waals surface area contributed by atoms with Crippen LogP contribution in [0.1, 0.15) is 40.3 Å². The van der Waals surface area contributed by atoms with Crippen LogP contribution >= 0.6 is 33.9 Å². The number of methoxy groups -OCH3 is 2. The van der Waals surface area contributed by atoms with Crippen molar-refractivity contribution in [2.45, 2.75) is 25.5 Å². The Morgan fingerprint density at radius 3 is 2.64 bits per heavy atom. The number of hydrogen-bond acceptors (Lipinski definition) is 6. The molecule has 9 heteroatoms. The Bertz CT molecular complexity index is 2170. The molecule has 1 atom stereocenters. The summed E-state index contributed by atoms with van der Waals surface area (Å²) < 4.78 is 34.6. The minimum absolute atomic E-state index is 0.0645. The van der Waals surface area contributed by atoms with Gasteiger partial charge in [-0.15, -0.1) is 0 Å². The first kappa shape index (κ1) is 29.5. The second kappa shape index (κ2) is 12.3. The van der Waals surface area contributed by atoms with Crippen LogP contribution in [0.2, 0.25) is 0 Å². The molecule has 0 N–H and O–H groups in total. The third-order valence-electron chi connectivity index (χ3n) is 8.16. The average molecular weight is 731 g/mol. The number of fused-ring (bicyclic) bond motifs is 3. The summed E-state index contributed by atoms with van der Waals surface area (Å²) in [6, 6.07) is 26.3. The number of rotatable bonds is 7. The van der Waals surface area contributed by atoms with Gasteiger partial charge < -0.3 is 14.2 Å². The van der Waals surface area contributed by atoms with Crippen molar-refractivity contribution in [1.29, 1.82) is 0 Å². The molecule has 0 spiro atoms. The van der Waals surface area contributed by atoms with E-state index in [0.717, 1.165) is 50.1 Å². The quantitative estimate of drug-likeness (QED) is 0.176. The molecule has 0 radical (unpaired) electrons. The molecule has 5 aromatic rings. The summed E-state index contributed by atoms with van der Waals surface area (Å²) in [6.07, 6.45) is 3.57. The van der Waals surface area contributed by atoms with E-state index in [2.05, 4.69) is 40.8 Å². The van der Waals surface area contributed by atoms with Crippen molar-refractivity contribution in [2.75, 3.05) is 14.2 Å². The van der Waals surface area contributed by atoms with E-state index in [1.165, 1.54) is 23.0 Å². The van der Waals surface area contributed by atoms with Crippen LogP contribution in [0.15, 0.2) is 100 Å².